The predicted octanol–water partition coefficient (Wildman–Crippen LogP) is 2.97. The summed E-state index contributed by atoms with van der Waals surface area (Å²) in [5, 5.41) is 3.92. The molecule has 5 nitrogen and oxygen atoms in total. The fourth-order valence-corrected chi connectivity index (χ4v) is 2.28. The second-order valence-electron chi connectivity index (χ2n) is 3.58. The Hall–Kier alpha value is -1.27. The van der Waals surface area contributed by atoms with E-state index in [0.29, 0.717) is 18.3 Å². The number of aromatic nitrogens is 2. The molecule has 17 heavy (non-hydrogen) atoms. The van der Waals surface area contributed by atoms with Gasteiger partial charge >= 0.3 is 0 Å². The number of hydrogen-bond acceptors (Lipinski definition) is 6. The first kappa shape index (κ1) is 12.2. The van der Waals surface area contributed by atoms with Crippen molar-refractivity contribution < 1.29 is 13.7 Å². The van der Waals surface area contributed by atoms with Gasteiger partial charge in [-0.2, -0.15) is 4.98 Å². The summed E-state index contributed by atoms with van der Waals surface area (Å²) < 4.78 is 15.4. The van der Waals surface area contributed by atoms with Gasteiger partial charge in [0.1, 0.15) is 12.4 Å². The Bertz CT molecular complexity index is 481. The van der Waals surface area contributed by atoms with Crippen LogP contribution in [0.3, 0.4) is 0 Å². The van der Waals surface area contributed by atoms with Crippen LogP contribution in [0.1, 0.15) is 29.6 Å². The van der Waals surface area contributed by atoms with Crippen LogP contribution in [0.2, 0.25) is 0 Å². The number of hydrogen-bond donors (Lipinski definition) is 0. The van der Waals surface area contributed by atoms with Gasteiger partial charge in [-0.15, -0.1) is 11.8 Å². The smallest absolute Gasteiger partial charge is 0.239 e. The average molecular weight is 254 g/mol. The van der Waals surface area contributed by atoms with Crippen molar-refractivity contribution in [1.82, 2.24) is 10.1 Å². The summed E-state index contributed by atoms with van der Waals surface area (Å²) >= 11 is 1.63. The fourth-order valence-electron chi connectivity index (χ4n) is 1.36. The highest BCUT2D eigenvalue weighted by Gasteiger charge is 2.17. The molecule has 0 spiro atoms. The molecule has 0 bridgehead atoms. The molecule has 0 unspecified atom stereocenters. The Morgan fingerprint density at radius 1 is 1.53 bits per heavy atom. The minimum atomic E-state index is 0.0874. The summed E-state index contributed by atoms with van der Waals surface area (Å²) in [6.07, 6.45) is 1.68. The van der Waals surface area contributed by atoms with E-state index in [-0.39, 0.29) is 5.25 Å². The molecule has 0 aromatic carbocycles. The van der Waals surface area contributed by atoms with E-state index in [1.165, 1.54) is 0 Å². The third kappa shape index (κ3) is 2.89. The number of rotatable bonds is 5. The molecular weight excluding hydrogens is 240 g/mol. The first-order valence-electron chi connectivity index (χ1n) is 5.23. The lowest BCUT2D eigenvalue weighted by atomic mass is 10.5. The summed E-state index contributed by atoms with van der Waals surface area (Å²) in [5.74, 6) is 2.07. The summed E-state index contributed by atoms with van der Waals surface area (Å²) in [5.41, 5.74) is 0. The Morgan fingerprint density at radius 3 is 3.00 bits per heavy atom. The van der Waals surface area contributed by atoms with E-state index in [9.17, 15) is 0 Å². The first-order valence-corrected chi connectivity index (χ1v) is 6.11. The largest absolute Gasteiger partial charge is 0.468 e. The second-order valence-corrected chi connectivity index (χ2v) is 4.97. The van der Waals surface area contributed by atoms with Crippen molar-refractivity contribution in [3.05, 3.63) is 29.8 Å². The maximum Gasteiger partial charge on any atom is 0.239 e. The number of aryl methyl sites for hydroxylation is 1. The lowest BCUT2D eigenvalue weighted by molar-refractivity contribution is 0.174. The van der Waals surface area contributed by atoms with Gasteiger partial charge < -0.3 is 13.7 Å². The maximum absolute atomic E-state index is 5.24. The number of thioether (sulfide) groups is 1. The van der Waals surface area contributed by atoms with Crippen LogP contribution in [0, 0.1) is 6.92 Å². The molecule has 1 atom stereocenters. The highest BCUT2D eigenvalue weighted by atomic mass is 32.2. The van der Waals surface area contributed by atoms with Crippen LogP contribution in [0.25, 0.3) is 0 Å². The van der Waals surface area contributed by atoms with E-state index >= 15 is 0 Å². The molecule has 92 valence electrons. The molecular formula is C11H14N2O3S. The van der Waals surface area contributed by atoms with Gasteiger partial charge in [-0.25, -0.2) is 0 Å². The number of furan rings is 1. The van der Waals surface area contributed by atoms with Crippen molar-refractivity contribution in [3.63, 3.8) is 0 Å². The molecule has 0 saturated carbocycles. The number of ether oxygens (including phenoxy) is 1. The molecule has 0 N–H and O–H groups in total. The van der Waals surface area contributed by atoms with Gasteiger partial charge in [0.05, 0.1) is 11.5 Å². The van der Waals surface area contributed by atoms with Crippen LogP contribution in [0.15, 0.2) is 26.2 Å². The Labute approximate surface area is 104 Å². The first-order chi connectivity index (χ1) is 8.20. The van der Waals surface area contributed by atoms with Crippen LogP contribution in [-0.4, -0.2) is 17.3 Å². The quantitative estimate of drug-likeness (QED) is 0.764. The minimum Gasteiger partial charge on any atom is -0.468 e. The van der Waals surface area contributed by atoms with Crippen LogP contribution >= 0.6 is 11.8 Å². The summed E-state index contributed by atoms with van der Waals surface area (Å²) in [6, 6.07) is 1.93. The van der Waals surface area contributed by atoms with Gasteiger partial charge in [-0.05, 0) is 19.9 Å². The van der Waals surface area contributed by atoms with E-state index in [4.69, 9.17) is 13.7 Å². The summed E-state index contributed by atoms with van der Waals surface area (Å²) in [7, 11) is 1.60. The molecule has 2 rings (SSSR count). The highest BCUT2D eigenvalue weighted by Crippen LogP contribution is 2.35. The SMILES string of the molecule is COCc1noc([C@@H](C)Sc2ccoc2C)n1. The van der Waals surface area contributed by atoms with E-state index in [2.05, 4.69) is 10.1 Å². The third-order valence-electron chi connectivity index (χ3n) is 2.22. The Morgan fingerprint density at radius 2 is 2.35 bits per heavy atom. The van der Waals surface area contributed by atoms with Crippen LogP contribution in [0.4, 0.5) is 0 Å². The van der Waals surface area contributed by atoms with Gasteiger partial charge in [0.15, 0.2) is 5.82 Å². The second kappa shape index (κ2) is 5.37. The van der Waals surface area contributed by atoms with Gasteiger partial charge in [-0.3, -0.25) is 0 Å². The highest BCUT2D eigenvalue weighted by molar-refractivity contribution is 7.99. The summed E-state index contributed by atoms with van der Waals surface area (Å²) in [4.78, 5) is 5.34. The zero-order valence-electron chi connectivity index (χ0n) is 9.97. The third-order valence-corrected chi connectivity index (χ3v) is 3.45. The van der Waals surface area contributed by atoms with Crippen molar-refractivity contribution in [2.24, 2.45) is 0 Å². The minimum absolute atomic E-state index is 0.0874. The molecule has 0 fully saturated rings. The molecule has 0 amide bonds. The molecule has 0 aliphatic heterocycles. The molecule has 2 aromatic heterocycles. The molecule has 0 radical (unpaired) electrons. The van der Waals surface area contributed by atoms with E-state index in [1.807, 2.05) is 19.9 Å². The summed E-state index contributed by atoms with van der Waals surface area (Å²) in [6.45, 7) is 4.31. The standard InChI is InChI=1S/C11H14N2O3S/c1-7-9(4-5-15-7)17-8(2)11-12-10(6-14-3)13-16-11/h4-5,8H,6H2,1-3H3/t8-/m1/s1. The van der Waals surface area contributed by atoms with Gasteiger partial charge in [-0.1, -0.05) is 5.16 Å². The van der Waals surface area contributed by atoms with Crippen LogP contribution in [-0.2, 0) is 11.3 Å². The lowest BCUT2D eigenvalue weighted by Gasteiger charge is -2.04. The van der Waals surface area contributed by atoms with Crippen molar-refractivity contribution in [2.45, 2.75) is 30.6 Å². The van der Waals surface area contributed by atoms with Gasteiger partial charge in [0, 0.05) is 12.0 Å². The molecule has 2 aromatic rings. The van der Waals surface area contributed by atoms with Crippen molar-refractivity contribution in [3.8, 4) is 0 Å². The normalized spacial score (nSPS) is 12.9. The van der Waals surface area contributed by atoms with Gasteiger partial charge in [0.25, 0.3) is 0 Å². The zero-order valence-corrected chi connectivity index (χ0v) is 10.8. The zero-order chi connectivity index (χ0) is 12.3. The van der Waals surface area contributed by atoms with Crippen LogP contribution < -0.4 is 0 Å². The number of nitrogens with zero attached hydrogens (tertiary/aromatic N) is 2. The average Bonchev–Trinajstić information content (AvgIpc) is 2.90. The predicted molar refractivity (Wildman–Crippen MR) is 62.7 cm³/mol. The fraction of sp³-hybridized carbons (Fsp3) is 0.455. The van der Waals surface area contributed by atoms with E-state index in [1.54, 1.807) is 25.1 Å². The Kier molecular flexibility index (Phi) is 3.86. The molecule has 0 aliphatic rings. The molecule has 0 aliphatic carbocycles. The Balaban J connectivity index is 2.04. The monoisotopic (exact) mass is 254 g/mol. The van der Waals surface area contributed by atoms with E-state index in [0.717, 1.165) is 10.7 Å². The molecule has 0 saturated heterocycles. The van der Waals surface area contributed by atoms with Crippen molar-refractivity contribution in [2.75, 3.05) is 7.11 Å². The van der Waals surface area contributed by atoms with Gasteiger partial charge in [0.2, 0.25) is 5.89 Å². The van der Waals surface area contributed by atoms with Crippen molar-refractivity contribution >= 4 is 11.8 Å². The number of methoxy groups -OCH3 is 1. The van der Waals surface area contributed by atoms with Crippen LogP contribution in [0.5, 0.6) is 0 Å². The van der Waals surface area contributed by atoms with E-state index < -0.39 is 0 Å². The molecule has 2 heterocycles. The lowest BCUT2D eigenvalue weighted by Crippen LogP contribution is -1.92. The maximum atomic E-state index is 5.24. The molecule has 6 heteroatoms. The van der Waals surface area contributed by atoms with Crippen molar-refractivity contribution in [1.29, 1.82) is 0 Å². The topological polar surface area (TPSA) is 61.3 Å².